The lowest BCUT2D eigenvalue weighted by Crippen LogP contribution is -2.34. The minimum absolute atomic E-state index is 0.00128. The summed E-state index contributed by atoms with van der Waals surface area (Å²) in [6.45, 7) is -0.0112. The predicted molar refractivity (Wildman–Crippen MR) is 102 cm³/mol. The third-order valence-electron chi connectivity index (χ3n) is 4.21. The van der Waals surface area contributed by atoms with Crippen molar-refractivity contribution in [1.82, 2.24) is 4.90 Å². The van der Waals surface area contributed by atoms with E-state index in [4.69, 9.17) is 4.42 Å². The van der Waals surface area contributed by atoms with Gasteiger partial charge in [-0.2, -0.15) is 13.2 Å². The van der Waals surface area contributed by atoms with Gasteiger partial charge in [0.25, 0.3) is 5.69 Å². The number of non-ortho nitro benzene ring substituents is 1. The van der Waals surface area contributed by atoms with Crippen molar-refractivity contribution in [2.24, 2.45) is 0 Å². The molecule has 1 N–H and O–H groups in total. The summed E-state index contributed by atoms with van der Waals surface area (Å²) in [4.78, 5) is 24.3. The number of urea groups is 1. The number of furan rings is 1. The minimum Gasteiger partial charge on any atom is -0.467 e. The number of amides is 2. The first-order valence-corrected chi connectivity index (χ1v) is 8.72. The molecule has 0 aliphatic heterocycles. The molecule has 0 bridgehead atoms. The molecule has 7 nitrogen and oxygen atoms in total. The molecule has 0 saturated heterocycles. The summed E-state index contributed by atoms with van der Waals surface area (Å²) >= 11 is 0. The molecular weight excluding hydrogens is 403 g/mol. The van der Waals surface area contributed by atoms with Crippen molar-refractivity contribution < 1.29 is 27.3 Å². The maximum absolute atomic E-state index is 13.2. The maximum Gasteiger partial charge on any atom is 0.418 e. The van der Waals surface area contributed by atoms with Crippen LogP contribution in [-0.4, -0.2) is 15.9 Å². The molecule has 0 atom stereocenters. The van der Waals surface area contributed by atoms with Crippen LogP contribution in [0, 0.1) is 10.1 Å². The van der Waals surface area contributed by atoms with Gasteiger partial charge in [-0.25, -0.2) is 4.79 Å². The van der Waals surface area contributed by atoms with Crippen LogP contribution in [-0.2, 0) is 19.3 Å². The normalized spacial score (nSPS) is 11.2. The van der Waals surface area contributed by atoms with Crippen LogP contribution in [0.15, 0.2) is 71.3 Å². The van der Waals surface area contributed by atoms with Gasteiger partial charge in [0.1, 0.15) is 5.76 Å². The van der Waals surface area contributed by atoms with E-state index in [1.54, 1.807) is 12.1 Å². The number of nitro groups is 1. The Labute approximate surface area is 168 Å². The maximum atomic E-state index is 13.2. The summed E-state index contributed by atoms with van der Waals surface area (Å²) in [5.41, 5.74) is -0.888. The highest BCUT2D eigenvalue weighted by Crippen LogP contribution is 2.34. The fourth-order valence-corrected chi connectivity index (χ4v) is 2.77. The third-order valence-corrected chi connectivity index (χ3v) is 4.21. The monoisotopic (exact) mass is 419 g/mol. The van der Waals surface area contributed by atoms with Crippen molar-refractivity contribution in [1.29, 1.82) is 0 Å². The van der Waals surface area contributed by atoms with Gasteiger partial charge in [0, 0.05) is 18.7 Å². The van der Waals surface area contributed by atoms with Gasteiger partial charge in [0.05, 0.1) is 29.0 Å². The van der Waals surface area contributed by atoms with E-state index in [0.29, 0.717) is 11.3 Å². The van der Waals surface area contributed by atoms with Crippen LogP contribution < -0.4 is 5.32 Å². The average molecular weight is 419 g/mol. The molecule has 10 heteroatoms. The highest BCUT2D eigenvalue weighted by Gasteiger charge is 2.34. The first-order valence-electron chi connectivity index (χ1n) is 8.72. The largest absolute Gasteiger partial charge is 0.467 e. The van der Waals surface area contributed by atoms with Crippen LogP contribution in [0.1, 0.15) is 16.9 Å². The van der Waals surface area contributed by atoms with Crippen molar-refractivity contribution >= 4 is 17.4 Å². The molecule has 156 valence electrons. The standard InChI is InChI=1S/C20H16F3N3O4/c21-20(22,23)17-5-1-2-6-18(17)24-19(27)25(13-16-4-3-11-30-16)12-14-7-9-15(10-8-14)26(28)29/h1-11H,12-13H2,(H,24,27). The smallest absolute Gasteiger partial charge is 0.418 e. The number of carbonyl (C=O) groups excluding carboxylic acids is 1. The molecule has 2 aromatic carbocycles. The van der Waals surface area contributed by atoms with E-state index in [0.717, 1.165) is 12.1 Å². The van der Waals surface area contributed by atoms with Crippen LogP contribution >= 0.6 is 0 Å². The van der Waals surface area contributed by atoms with E-state index >= 15 is 0 Å². The Morgan fingerprint density at radius 1 is 1.03 bits per heavy atom. The highest BCUT2D eigenvalue weighted by atomic mass is 19.4. The molecule has 0 unspecified atom stereocenters. The van der Waals surface area contributed by atoms with Gasteiger partial charge >= 0.3 is 12.2 Å². The van der Waals surface area contributed by atoms with Gasteiger partial charge in [0.15, 0.2) is 0 Å². The molecule has 0 aliphatic rings. The Morgan fingerprint density at radius 3 is 2.33 bits per heavy atom. The van der Waals surface area contributed by atoms with Gasteiger partial charge in [-0.15, -0.1) is 0 Å². The van der Waals surface area contributed by atoms with E-state index in [9.17, 15) is 28.1 Å². The number of para-hydroxylation sites is 1. The van der Waals surface area contributed by atoms with Crippen molar-refractivity contribution in [3.05, 3.63) is 93.9 Å². The number of nitrogens with zero attached hydrogens (tertiary/aromatic N) is 2. The molecule has 1 aromatic heterocycles. The van der Waals surface area contributed by atoms with Gasteiger partial charge in [0.2, 0.25) is 0 Å². The zero-order valence-electron chi connectivity index (χ0n) is 15.4. The summed E-state index contributed by atoms with van der Waals surface area (Å²) in [5, 5.41) is 13.1. The molecular formula is C20H16F3N3O4. The van der Waals surface area contributed by atoms with Crippen molar-refractivity contribution in [2.75, 3.05) is 5.32 Å². The summed E-state index contributed by atoms with van der Waals surface area (Å²) in [7, 11) is 0. The molecule has 0 radical (unpaired) electrons. The lowest BCUT2D eigenvalue weighted by Gasteiger charge is -2.23. The van der Waals surface area contributed by atoms with Gasteiger partial charge in [-0.3, -0.25) is 10.1 Å². The second-order valence-electron chi connectivity index (χ2n) is 6.33. The number of nitro benzene ring substituents is 1. The molecule has 2 amide bonds. The summed E-state index contributed by atoms with van der Waals surface area (Å²) in [6.07, 6.45) is -3.22. The zero-order chi connectivity index (χ0) is 21.7. The van der Waals surface area contributed by atoms with E-state index in [-0.39, 0.29) is 24.5 Å². The SMILES string of the molecule is O=C(Nc1ccccc1C(F)(F)F)N(Cc1ccc([N+](=O)[O-])cc1)Cc1ccco1. The van der Waals surface area contributed by atoms with Gasteiger partial charge < -0.3 is 14.6 Å². The highest BCUT2D eigenvalue weighted by molar-refractivity contribution is 5.90. The molecule has 0 aliphatic carbocycles. The minimum atomic E-state index is -4.63. The van der Waals surface area contributed by atoms with Crippen LogP contribution in [0.4, 0.5) is 29.3 Å². The predicted octanol–water partition coefficient (Wildman–Crippen LogP) is 5.44. The van der Waals surface area contributed by atoms with E-state index in [1.807, 2.05) is 0 Å². The number of hydrogen-bond donors (Lipinski definition) is 1. The number of nitrogens with one attached hydrogen (secondary N) is 1. The van der Waals surface area contributed by atoms with E-state index in [2.05, 4.69) is 5.32 Å². The number of halogens is 3. The molecule has 0 saturated carbocycles. The fourth-order valence-electron chi connectivity index (χ4n) is 2.77. The Bertz CT molecular complexity index is 1020. The first kappa shape index (κ1) is 20.9. The van der Waals surface area contributed by atoms with E-state index < -0.39 is 22.7 Å². The summed E-state index contributed by atoms with van der Waals surface area (Å²) in [5.74, 6) is 0.427. The molecule has 0 spiro atoms. The lowest BCUT2D eigenvalue weighted by molar-refractivity contribution is -0.384. The number of alkyl halides is 3. The van der Waals surface area contributed by atoms with Crippen LogP contribution in [0.25, 0.3) is 0 Å². The Hall–Kier alpha value is -3.82. The summed E-state index contributed by atoms with van der Waals surface area (Å²) < 4.78 is 44.9. The van der Waals surface area contributed by atoms with Crippen LogP contribution in [0.5, 0.6) is 0 Å². The second kappa shape index (κ2) is 8.68. The molecule has 0 fully saturated rings. The number of carbonyl (C=O) groups is 1. The molecule has 30 heavy (non-hydrogen) atoms. The van der Waals surface area contributed by atoms with Crippen molar-refractivity contribution in [3.63, 3.8) is 0 Å². The number of hydrogen-bond acceptors (Lipinski definition) is 4. The van der Waals surface area contributed by atoms with Crippen molar-refractivity contribution in [2.45, 2.75) is 19.3 Å². The first-order chi connectivity index (χ1) is 14.2. The van der Waals surface area contributed by atoms with Crippen LogP contribution in [0.3, 0.4) is 0 Å². The second-order valence-corrected chi connectivity index (χ2v) is 6.33. The third kappa shape index (κ3) is 5.16. The molecule has 3 rings (SSSR count). The Kier molecular flexibility index (Phi) is 6.05. The molecule has 3 aromatic rings. The average Bonchev–Trinajstić information content (AvgIpc) is 3.20. The fraction of sp³-hybridized carbons (Fsp3) is 0.150. The Balaban J connectivity index is 1.83. The zero-order valence-corrected chi connectivity index (χ0v) is 15.4. The number of anilines is 1. The number of benzene rings is 2. The number of rotatable bonds is 6. The van der Waals surface area contributed by atoms with Gasteiger partial charge in [-0.05, 0) is 29.8 Å². The van der Waals surface area contributed by atoms with Crippen LogP contribution in [0.2, 0.25) is 0 Å². The summed E-state index contributed by atoms with van der Waals surface area (Å²) in [6, 6.07) is 12.7. The molecule has 1 heterocycles. The van der Waals surface area contributed by atoms with E-state index in [1.165, 1.54) is 47.6 Å². The van der Waals surface area contributed by atoms with Gasteiger partial charge in [-0.1, -0.05) is 24.3 Å². The topological polar surface area (TPSA) is 88.6 Å². The Morgan fingerprint density at radius 2 is 1.73 bits per heavy atom. The lowest BCUT2D eigenvalue weighted by atomic mass is 10.1. The quantitative estimate of drug-likeness (QED) is 0.426. The van der Waals surface area contributed by atoms with Crippen molar-refractivity contribution in [3.8, 4) is 0 Å².